The maximum Gasteiger partial charge on any atom is 0.317 e. The minimum Gasteiger partial charge on any atom is -0.481 e. The second kappa shape index (κ2) is 4.78. The average Bonchev–Trinajstić information content (AvgIpc) is 2.85. The van der Waals surface area contributed by atoms with Crippen molar-refractivity contribution in [1.29, 1.82) is 0 Å². The topological polar surface area (TPSA) is 69.6 Å². The van der Waals surface area contributed by atoms with E-state index in [9.17, 15) is 9.59 Å². The van der Waals surface area contributed by atoms with Crippen molar-refractivity contribution in [1.82, 2.24) is 10.2 Å². The molecule has 1 saturated carbocycles. The number of nitrogens with one attached hydrogen (secondary N) is 1. The Morgan fingerprint density at radius 3 is 2.33 bits per heavy atom. The zero-order valence-electron chi connectivity index (χ0n) is 11.1. The molecule has 1 saturated heterocycles. The van der Waals surface area contributed by atoms with E-state index in [1.165, 1.54) is 19.3 Å². The van der Waals surface area contributed by atoms with Crippen LogP contribution in [0.4, 0.5) is 4.79 Å². The van der Waals surface area contributed by atoms with Crippen molar-refractivity contribution in [3.8, 4) is 0 Å². The Morgan fingerprint density at radius 1 is 1.28 bits per heavy atom. The second-order valence-corrected chi connectivity index (χ2v) is 6.20. The van der Waals surface area contributed by atoms with Crippen LogP contribution in [-0.4, -0.2) is 41.6 Å². The number of nitrogens with zero attached hydrogens (tertiary/aromatic N) is 1. The highest BCUT2D eigenvalue weighted by Crippen LogP contribution is 2.37. The fourth-order valence-electron chi connectivity index (χ4n) is 2.88. The van der Waals surface area contributed by atoms with Crippen molar-refractivity contribution >= 4 is 12.0 Å². The van der Waals surface area contributed by atoms with Crippen LogP contribution in [0.5, 0.6) is 0 Å². The molecule has 18 heavy (non-hydrogen) atoms. The number of carboxylic acids is 1. The third-order valence-electron chi connectivity index (χ3n) is 4.27. The zero-order valence-corrected chi connectivity index (χ0v) is 11.1. The van der Waals surface area contributed by atoms with Gasteiger partial charge in [0.15, 0.2) is 0 Å². The number of fused-ring (bicyclic) bond motifs is 1. The molecule has 2 aliphatic rings. The highest BCUT2D eigenvalue weighted by atomic mass is 16.4. The van der Waals surface area contributed by atoms with E-state index in [1.807, 2.05) is 4.90 Å². The number of urea groups is 1. The van der Waals surface area contributed by atoms with Gasteiger partial charge in [0.2, 0.25) is 0 Å². The summed E-state index contributed by atoms with van der Waals surface area (Å²) in [5.74, 6) is 0.451. The molecule has 2 unspecified atom stereocenters. The third kappa shape index (κ3) is 2.60. The van der Waals surface area contributed by atoms with Crippen molar-refractivity contribution in [2.75, 3.05) is 19.6 Å². The lowest BCUT2D eigenvalue weighted by molar-refractivity contribution is -0.146. The van der Waals surface area contributed by atoms with E-state index in [4.69, 9.17) is 5.11 Å². The maximum absolute atomic E-state index is 12.0. The SMILES string of the molecule is CC(C)(CNC(=O)N1CC2CCCC2C1)C(=O)O. The molecule has 2 fully saturated rings. The molecule has 0 aromatic carbocycles. The summed E-state index contributed by atoms with van der Waals surface area (Å²) >= 11 is 0. The number of aliphatic carboxylic acids is 1. The maximum atomic E-state index is 12.0. The normalized spacial score (nSPS) is 27.1. The Bertz CT molecular complexity index is 342. The van der Waals surface area contributed by atoms with E-state index in [0.717, 1.165) is 13.1 Å². The van der Waals surface area contributed by atoms with E-state index in [2.05, 4.69) is 5.32 Å². The van der Waals surface area contributed by atoms with Gasteiger partial charge in [-0.3, -0.25) is 4.79 Å². The lowest BCUT2D eigenvalue weighted by Gasteiger charge is -2.23. The first-order chi connectivity index (χ1) is 8.40. The third-order valence-corrected chi connectivity index (χ3v) is 4.27. The summed E-state index contributed by atoms with van der Waals surface area (Å²) in [7, 11) is 0. The van der Waals surface area contributed by atoms with Gasteiger partial charge in [0.25, 0.3) is 0 Å². The molecule has 2 N–H and O–H groups in total. The molecule has 0 spiro atoms. The standard InChI is InChI=1S/C13H22N2O3/c1-13(2,11(16)17)8-14-12(18)15-6-9-4-3-5-10(9)7-15/h9-10H,3-8H2,1-2H3,(H,14,18)(H,16,17). The Labute approximate surface area is 108 Å². The van der Waals surface area contributed by atoms with E-state index in [1.54, 1.807) is 13.8 Å². The van der Waals surface area contributed by atoms with Gasteiger partial charge in [0.05, 0.1) is 5.41 Å². The second-order valence-electron chi connectivity index (χ2n) is 6.20. The molecule has 1 heterocycles. The molecule has 0 aromatic rings. The van der Waals surface area contributed by atoms with Gasteiger partial charge in [-0.05, 0) is 38.5 Å². The number of carboxylic acid groups (broad SMARTS) is 1. The van der Waals surface area contributed by atoms with E-state index >= 15 is 0 Å². The molecule has 102 valence electrons. The van der Waals surface area contributed by atoms with Gasteiger partial charge >= 0.3 is 12.0 Å². The summed E-state index contributed by atoms with van der Waals surface area (Å²) in [5, 5.41) is 11.7. The van der Waals surface area contributed by atoms with Crippen molar-refractivity contribution in [2.45, 2.75) is 33.1 Å². The van der Waals surface area contributed by atoms with Crippen LogP contribution in [-0.2, 0) is 4.79 Å². The molecule has 1 aliphatic heterocycles. The predicted molar refractivity (Wildman–Crippen MR) is 67.2 cm³/mol. The number of carbonyl (C=O) groups is 2. The van der Waals surface area contributed by atoms with Crippen LogP contribution in [0.1, 0.15) is 33.1 Å². The lowest BCUT2D eigenvalue weighted by atomic mass is 9.94. The summed E-state index contributed by atoms with van der Waals surface area (Å²) in [5.41, 5.74) is -0.911. The lowest BCUT2D eigenvalue weighted by Crippen LogP contribution is -2.45. The predicted octanol–water partition coefficient (Wildman–Crippen LogP) is 1.54. The Hall–Kier alpha value is -1.26. The minimum absolute atomic E-state index is 0.112. The summed E-state index contributed by atoms with van der Waals surface area (Å²) < 4.78 is 0. The molecule has 1 aliphatic carbocycles. The van der Waals surface area contributed by atoms with Crippen molar-refractivity contribution in [2.24, 2.45) is 17.3 Å². The molecule has 5 nitrogen and oxygen atoms in total. The number of hydrogen-bond acceptors (Lipinski definition) is 2. The molecule has 0 radical (unpaired) electrons. The van der Waals surface area contributed by atoms with Crippen molar-refractivity contribution < 1.29 is 14.7 Å². The van der Waals surface area contributed by atoms with Crippen LogP contribution in [0.2, 0.25) is 0 Å². The minimum atomic E-state index is -0.911. The summed E-state index contributed by atoms with van der Waals surface area (Å²) in [4.78, 5) is 24.8. The quantitative estimate of drug-likeness (QED) is 0.802. The average molecular weight is 254 g/mol. The monoisotopic (exact) mass is 254 g/mol. The first-order valence-electron chi connectivity index (χ1n) is 6.66. The van der Waals surface area contributed by atoms with Crippen LogP contribution in [0.3, 0.4) is 0 Å². The summed E-state index contributed by atoms with van der Waals surface area (Å²) in [6.07, 6.45) is 3.75. The van der Waals surface area contributed by atoms with Gasteiger partial charge in [-0.25, -0.2) is 4.79 Å². The van der Waals surface area contributed by atoms with Crippen LogP contribution < -0.4 is 5.32 Å². The van der Waals surface area contributed by atoms with E-state index in [0.29, 0.717) is 11.8 Å². The van der Waals surface area contributed by atoms with Crippen molar-refractivity contribution in [3.05, 3.63) is 0 Å². The molecule has 2 rings (SSSR count). The zero-order chi connectivity index (χ0) is 13.3. The van der Waals surface area contributed by atoms with Crippen LogP contribution >= 0.6 is 0 Å². The fourth-order valence-corrected chi connectivity index (χ4v) is 2.88. The fraction of sp³-hybridized carbons (Fsp3) is 0.846. The molecular formula is C13H22N2O3. The van der Waals surface area contributed by atoms with Crippen LogP contribution in [0.15, 0.2) is 0 Å². The first kappa shape index (κ1) is 13.2. The Kier molecular flexibility index (Phi) is 3.50. The largest absolute Gasteiger partial charge is 0.481 e. The molecule has 2 amide bonds. The Morgan fingerprint density at radius 2 is 1.83 bits per heavy atom. The molecular weight excluding hydrogens is 232 g/mol. The summed E-state index contributed by atoms with van der Waals surface area (Å²) in [6.45, 7) is 5.09. The van der Waals surface area contributed by atoms with Gasteiger partial charge in [-0.2, -0.15) is 0 Å². The van der Waals surface area contributed by atoms with Crippen LogP contribution in [0.25, 0.3) is 0 Å². The van der Waals surface area contributed by atoms with Gasteiger partial charge in [-0.1, -0.05) is 6.42 Å². The van der Waals surface area contributed by atoms with E-state index < -0.39 is 11.4 Å². The van der Waals surface area contributed by atoms with Gasteiger partial charge in [-0.15, -0.1) is 0 Å². The van der Waals surface area contributed by atoms with Crippen LogP contribution in [0, 0.1) is 17.3 Å². The van der Waals surface area contributed by atoms with Crippen molar-refractivity contribution in [3.63, 3.8) is 0 Å². The number of amides is 2. The first-order valence-corrected chi connectivity index (χ1v) is 6.66. The highest BCUT2D eigenvalue weighted by Gasteiger charge is 2.38. The van der Waals surface area contributed by atoms with Gasteiger partial charge < -0.3 is 15.3 Å². The van der Waals surface area contributed by atoms with Gasteiger partial charge in [0.1, 0.15) is 0 Å². The molecule has 0 aromatic heterocycles. The molecule has 0 bridgehead atoms. The Balaban J connectivity index is 1.81. The number of likely N-dealkylation sites (tertiary alicyclic amines) is 1. The summed E-state index contributed by atoms with van der Waals surface area (Å²) in [6, 6.07) is -0.112. The number of rotatable bonds is 3. The smallest absolute Gasteiger partial charge is 0.317 e. The highest BCUT2D eigenvalue weighted by molar-refractivity contribution is 5.77. The molecule has 5 heteroatoms. The van der Waals surface area contributed by atoms with Gasteiger partial charge in [0, 0.05) is 19.6 Å². The van der Waals surface area contributed by atoms with E-state index in [-0.39, 0.29) is 12.6 Å². The number of carbonyl (C=O) groups excluding carboxylic acids is 1. The molecule has 2 atom stereocenters. The number of hydrogen-bond donors (Lipinski definition) is 2.